The number of H-pyrrole nitrogens is 1. The molecule has 2 N–H and O–H groups in total. The molecule has 1 fully saturated rings. The lowest BCUT2D eigenvalue weighted by atomic mass is 9.87. The fraction of sp³-hybridized carbons (Fsp3) is 0.571. The normalized spacial score (nSPS) is 16.4. The molecule has 0 unspecified atom stereocenters. The second kappa shape index (κ2) is 6.38. The molecule has 1 amide bonds. The molecule has 0 spiro atoms. The highest BCUT2D eigenvalue weighted by Crippen LogP contribution is 2.25. The third-order valence-corrected chi connectivity index (χ3v) is 3.60. The Morgan fingerprint density at radius 1 is 1.33 bits per heavy atom. The first kappa shape index (κ1) is 12.9. The van der Waals surface area contributed by atoms with Gasteiger partial charge in [-0.1, -0.05) is 32.1 Å². The Bertz CT molecular complexity index is 447. The van der Waals surface area contributed by atoms with Gasteiger partial charge in [0.25, 0.3) is 5.91 Å². The smallest absolute Gasteiger partial charge is 0.251 e. The van der Waals surface area contributed by atoms with Gasteiger partial charge in [0.2, 0.25) is 5.56 Å². The van der Waals surface area contributed by atoms with Gasteiger partial charge in [-0.15, -0.1) is 0 Å². The topological polar surface area (TPSA) is 62.0 Å². The number of pyridine rings is 1. The van der Waals surface area contributed by atoms with Gasteiger partial charge in [0, 0.05) is 24.4 Å². The van der Waals surface area contributed by atoms with E-state index in [0.717, 1.165) is 12.3 Å². The van der Waals surface area contributed by atoms with Gasteiger partial charge in [-0.25, -0.2) is 0 Å². The van der Waals surface area contributed by atoms with Crippen LogP contribution in [-0.4, -0.2) is 17.4 Å². The molecule has 1 aromatic heterocycles. The summed E-state index contributed by atoms with van der Waals surface area (Å²) in [6.07, 6.45) is 9.14. The summed E-state index contributed by atoms with van der Waals surface area (Å²) in [6.45, 7) is 0.705. The van der Waals surface area contributed by atoms with E-state index in [1.807, 2.05) is 0 Å². The number of nitrogens with one attached hydrogen (secondary N) is 2. The van der Waals surface area contributed by atoms with Gasteiger partial charge < -0.3 is 10.3 Å². The zero-order valence-corrected chi connectivity index (χ0v) is 10.6. The van der Waals surface area contributed by atoms with E-state index >= 15 is 0 Å². The molecule has 0 atom stereocenters. The summed E-state index contributed by atoms with van der Waals surface area (Å²) in [5.74, 6) is 0.607. The number of hydrogen-bond donors (Lipinski definition) is 2. The van der Waals surface area contributed by atoms with Crippen molar-refractivity contribution in [3.05, 3.63) is 34.2 Å². The molecule has 2 rings (SSSR count). The van der Waals surface area contributed by atoms with E-state index < -0.39 is 0 Å². The minimum Gasteiger partial charge on any atom is -0.352 e. The molecule has 1 heterocycles. The van der Waals surface area contributed by atoms with Crippen LogP contribution in [0, 0.1) is 5.92 Å². The molecule has 0 aliphatic heterocycles. The van der Waals surface area contributed by atoms with Crippen molar-refractivity contribution in [2.75, 3.05) is 6.54 Å². The summed E-state index contributed by atoms with van der Waals surface area (Å²) >= 11 is 0. The van der Waals surface area contributed by atoms with Gasteiger partial charge in [0.05, 0.1) is 0 Å². The molecule has 0 saturated heterocycles. The number of amides is 1. The van der Waals surface area contributed by atoms with Crippen molar-refractivity contribution in [3.63, 3.8) is 0 Å². The molecule has 4 nitrogen and oxygen atoms in total. The first-order chi connectivity index (χ1) is 8.75. The molecule has 0 radical (unpaired) electrons. The molecule has 0 aromatic carbocycles. The second-order valence-corrected chi connectivity index (χ2v) is 4.99. The summed E-state index contributed by atoms with van der Waals surface area (Å²) in [4.78, 5) is 25.4. The summed E-state index contributed by atoms with van der Waals surface area (Å²) in [5, 5.41) is 2.88. The molecular weight excluding hydrogens is 228 g/mol. The van der Waals surface area contributed by atoms with Crippen LogP contribution in [0.25, 0.3) is 0 Å². The number of aromatic amines is 1. The van der Waals surface area contributed by atoms with Gasteiger partial charge >= 0.3 is 0 Å². The van der Waals surface area contributed by atoms with Crippen LogP contribution < -0.4 is 10.9 Å². The van der Waals surface area contributed by atoms with Crippen LogP contribution in [0.2, 0.25) is 0 Å². The number of hydrogen-bond acceptors (Lipinski definition) is 2. The molecule has 18 heavy (non-hydrogen) atoms. The van der Waals surface area contributed by atoms with Crippen molar-refractivity contribution in [2.45, 2.75) is 38.5 Å². The zero-order chi connectivity index (χ0) is 12.8. The van der Waals surface area contributed by atoms with Crippen molar-refractivity contribution in [3.8, 4) is 0 Å². The maximum atomic E-state index is 11.8. The standard InChI is InChI=1S/C14H20N2O2/c17-13-10-12(7-9-15-13)14(18)16-8-6-11-4-2-1-3-5-11/h7,9-11H,1-6,8H2,(H,15,17)(H,16,18). The summed E-state index contributed by atoms with van der Waals surface area (Å²) < 4.78 is 0. The highest BCUT2D eigenvalue weighted by Gasteiger charge is 2.13. The van der Waals surface area contributed by atoms with Crippen molar-refractivity contribution in [2.24, 2.45) is 5.92 Å². The van der Waals surface area contributed by atoms with Crippen LogP contribution >= 0.6 is 0 Å². The van der Waals surface area contributed by atoms with Gasteiger partial charge in [0.15, 0.2) is 0 Å². The largest absolute Gasteiger partial charge is 0.352 e. The lowest BCUT2D eigenvalue weighted by Crippen LogP contribution is -2.27. The third kappa shape index (κ3) is 3.72. The van der Waals surface area contributed by atoms with Crippen molar-refractivity contribution < 1.29 is 4.79 Å². The highest BCUT2D eigenvalue weighted by molar-refractivity contribution is 5.93. The predicted octanol–water partition coefficient (Wildman–Crippen LogP) is 2.08. The fourth-order valence-electron chi connectivity index (χ4n) is 2.55. The zero-order valence-electron chi connectivity index (χ0n) is 10.6. The van der Waals surface area contributed by atoms with Crippen LogP contribution in [0.3, 0.4) is 0 Å². The summed E-state index contributed by atoms with van der Waals surface area (Å²) in [5.41, 5.74) is 0.192. The van der Waals surface area contributed by atoms with Crippen molar-refractivity contribution in [1.29, 1.82) is 0 Å². The van der Waals surface area contributed by atoms with E-state index in [-0.39, 0.29) is 11.5 Å². The van der Waals surface area contributed by atoms with Crippen LogP contribution in [0.5, 0.6) is 0 Å². The molecule has 1 aliphatic carbocycles. The average Bonchev–Trinajstić information content (AvgIpc) is 2.40. The van der Waals surface area contributed by atoms with Crippen LogP contribution in [-0.2, 0) is 0 Å². The van der Waals surface area contributed by atoms with E-state index in [9.17, 15) is 9.59 Å². The Kier molecular flexibility index (Phi) is 4.56. The Balaban J connectivity index is 1.76. The van der Waals surface area contributed by atoms with Crippen molar-refractivity contribution >= 4 is 5.91 Å². The van der Waals surface area contributed by atoms with Crippen LogP contribution in [0.4, 0.5) is 0 Å². The number of carbonyl (C=O) groups is 1. The Morgan fingerprint density at radius 3 is 2.83 bits per heavy atom. The predicted molar refractivity (Wildman–Crippen MR) is 70.6 cm³/mol. The SMILES string of the molecule is O=C(NCCC1CCCCC1)c1cc[nH]c(=O)c1. The first-order valence-electron chi connectivity index (χ1n) is 6.72. The van der Waals surface area contributed by atoms with Gasteiger partial charge in [-0.2, -0.15) is 0 Å². The fourth-order valence-corrected chi connectivity index (χ4v) is 2.55. The molecular formula is C14H20N2O2. The van der Waals surface area contributed by atoms with Crippen LogP contribution in [0.15, 0.2) is 23.1 Å². The maximum Gasteiger partial charge on any atom is 0.251 e. The summed E-state index contributed by atoms with van der Waals surface area (Å²) in [6, 6.07) is 2.95. The summed E-state index contributed by atoms with van der Waals surface area (Å²) in [7, 11) is 0. The minimum atomic E-state index is -0.241. The lowest BCUT2D eigenvalue weighted by Gasteiger charge is -2.21. The quantitative estimate of drug-likeness (QED) is 0.857. The van der Waals surface area contributed by atoms with E-state index in [4.69, 9.17) is 0 Å². The minimum absolute atomic E-state index is 0.156. The van der Waals surface area contributed by atoms with E-state index in [0.29, 0.717) is 12.1 Å². The number of aromatic nitrogens is 1. The molecule has 1 saturated carbocycles. The van der Waals surface area contributed by atoms with E-state index in [1.54, 1.807) is 6.07 Å². The van der Waals surface area contributed by atoms with Gasteiger partial charge in [-0.05, 0) is 18.4 Å². The van der Waals surface area contributed by atoms with E-state index in [2.05, 4.69) is 10.3 Å². The third-order valence-electron chi connectivity index (χ3n) is 3.60. The second-order valence-electron chi connectivity index (χ2n) is 4.99. The van der Waals surface area contributed by atoms with Gasteiger partial charge in [-0.3, -0.25) is 9.59 Å². The molecule has 98 valence electrons. The van der Waals surface area contributed by atoms with Crippen molar-refractivity contribution in [1.82, 2.24) is 10.3 Å². The van der Waals surface area contributed by atoms with E-state index in [1.165, 1.54) is 44.4 Å². The molecule has 1 aliphatic rings. The Morgan fingerprint density at radius 2 is 2.11 bits per heavy atom. The molecule has 0 bridgehead atoms. The van der Waals surface area contributed by atoms with Crippen LogP contribution in [0.1, 0.15) is 48.9 Å². The lowest BCUT2D eigenvalue weighted by molar-refractivity contribution is 0.0950. The van der Waals surface area contributed by atoms with Gasteiger partial charge in [0.1, 0.15) is 0 Å². The Hall–Kier alpha value is -1.58. The highest BCUT2D eigenvalue weighted by atomic mass is 16.2. The maximum absolute atomic E-state index is 11.8. The molecule has 1 aromatic rings. The first-order valence-corrected chi connectivity index (χ1v) is 6.72. The molecule has 4 heteroatoms. The number of rotatable bonds is 4. The number of carbonyl (C=O) groups excluding carboxylic acids is 1. The monoisotopic (exact) mass is 248 g/mol. The average molecular weight is 248 g/mol. The Labute approximate surface area is 107 Å².